The maximum atomic E-state index is 13.4. The topological polar surface area (TPSA) is 147 Å². The molecule has 1 saturated carbocycles. The van der Waals surface area contributed by atoms with Crippen molar-refractivity contribution in [1.82, 2.24) is 14.2 Å². The zero-order chi connectivity index (χ0) is 39.8. The molecule has 4 aromatic rings. The molecular formula is C42H51N4O9P. The van der Waals surface area contributed by atoms with Crippen molar-refractivity contribution in [1.29, 1.82) is 5.26 Å². The Hall–Kier alpha value is -4.38. The standard InChI is InChI=1S/C42H51N4O9P/c1-28(2)46(29(3)4)56(52-26-10-24-43)55-38-36(54-40(39(38)53-35-21-22-35)45-25-23-37(47)44-41(45)48)27-51-42(30-11-8-7-9-12-30,31-13-17-33(49-5)18-14-31)32-15-19-34(50-6)20-16-32/h7-9,11-20,23,25,28-29,35-36,38-40H,10,21-22,26-27H2,1-6H3,(H,44,47,48)/t36-,38-,39-,40-,56?/m1/s1. The fraction of sp³-hybridized carbons (Fsp3) is 0.452. The third kappa shape index (κ3) is 9.25. The first-order chi connectivity index (χ1) is 27.1. The van der Waals surface area contributed by atoms with E-state index in [9.17, 15) is 14.9 Å². The zero-order valence-corrected chi connectivity index (χ0v) is 33.6. The molecule has 1 unspecified atom stereocenters. The van der Waals surface area contributed by atoms with Gasteiger partial charge in [-0.25, -0.2) is 9.46 Å². The number of aromatic nitrogens is 2. The monoisotopic (exact) mass is 786 g/mol. The number of hydrogen-bond donors (Lipinski definition) is 1. The van der Waals surface area contributed by atoms with Crippen LogP contribution in [0.4, 0.5) is 0 Å². The van der Waals surface area contributed by atoms with Crippen LogP contribution in [0.15, 0.2) is 101 Å². The molecule has 2 heterocycles. The summed E-state index contributed by atoms with van der Waals surface area (Å²) in [7, 11) is 1.48. The van der Waals surface area contributed by atoms with E-state index in [2.05, 4.69) is 43.4 Å². The van der Waals surface area contributed by atoms with E-state index in [0.717, 1.165) is 29.5 Å². The number of hydrogen-bond acceptors (Lipinski definition) is 11. The summed E-state index contributed by atoms with van der Waals surface area (Å²) in [6.45, 7) is 8.40. The number of benzene rings is 3. The second-order valence-electron chi connectivity index (χ2n) is 14.3. The summed E-state index contributed by atoms with van der Waals surface area (Å²) in [6.07, 6.45) is -0.162. The summed E-state index contributed by atoms with van der Waals surface area (Å²) in [4.78, 5) is 27.9. The smallest absolute Gasteiger partial charge is 0.330 e. The summed E-state index contributed by atoms with van der Waals surface area (Å²) in [5.41, 5.74) is 0.180. The lowest BCUT2D eigenvalue weighted by molar-refractivity contribution is -0.0988. The molecule has 56 heavy (non-hydrogen) atoms. The molecule has 5 atom stereocenters. The van der Waals surface area contributed by atoms with Gasteiger partial charge in [-0.05, 0) is 81.5 Å². The number of nitrogens with zero attached hydrogens (tertiary/aromatic N) is 3. The lowest BCUT2D eigenvalue weighted by Gasteiger charge is -2.39. The van der Waals surface area contributed by atoms with Gasteiger partial charge < -0.3 is 32.7 Å². The lowest BCUT2D eigenvalue weighted by Crippen LogP contribution is -2.43. The molecule has 298 valence electrons. The minimum Gasteiger partial charge on any atom is -0.497 e. The molecule has 1 N–H and O–H groups in total. The highest BCUT2D eigenvalue weighted by molar-refractivity contribution is 7.44. The average molecular weight is 787 g/mol. The minimum atomic E-state index is -1.77. The Labute approximate surface area is 329 Å². The van der Waals surface area contributed by atoms with Gasteiger partial charge in [-0.15, -0.1) is 0 Å². The molecule has 2 aliphatic rings. The molecule has 1 aliphatic carbocycles. The van der Waals surface area contributed by atoms with Crippen LogP contribution in [0.2, 0.25) is 0 Å². The Balaban J connectivity index is 1.48. The maximum Gasteiger partial charge on any atom is 0.330 e. The average Bonchev–Trinajstić information content (AvgIpc) is 3.97. The number of ether oxygens (including phenoxy) is 5. The maximum absolute atomic E-state index is 13.4. The van der Waals surface area contributed by atoms with Crippen LogP contribution in [0, 0.1) is 11.3 Å². The highest BCUT2D eigenvalue weighted by Gasteiger charge is 2.53. The molecule has 0 radical (unpaired) electrons. The van der Waals surface area contributed by atoms with Crippen molar-refractivity contribution in [3.8, 4) is 17.6 Å². The SMILES string of the molecule is COc1ccc(C(OC[C@H]2O[C@@H](n3ccc(=O)[nH]c3=O)[C@H](OC3CC3)[C@@H]2OP(OCCC#N)N(C(C)C)C(C)C)(c2ccccc2)c2ccc(OC)cc2)cc1. The quantitative estimate of drug-likeness (QED) is 0.0618. The van der Waals surface area contributed by atoms with Gasteiger partial charge in [0.1, 0.15) is 35.4 Å². The Morgan fingerprint density at radius 3 is 1.98 bits per heavy atom. The first kappa shape index (κ1) is 41.3. The number of methoxy groups -OCH3 is 2. The van der Waals surface area contributed by atoms with Crippen LogP contribution < -0.4 is 20.7 Å². The first-order valence-electron chi connectivity index (χ1n) is 19.0. The van der Waals surface area contributed by atoms with Gasteiger partial charge in [0.2, 0.25) is 0 Å². The fourth-order valence-corrected chi connectivity index (χ4v) is 8.84. The van der Waals surface area contributed by atoms with Gasteiger partial charge in [-0.3, -0.25) is 14.3 Å². The van der Waals surface area contributed by atoms with Crippen molar-refractivity contribution in [2.45, 2.75) is 95.3 Å². The molecule has 0 bridgehead atoms. The molecule has 0 amide bonds. The molecule has 1 saturated heterocycles. The largest absolute Gasteiger partial charge is 0.497 e. The van der Waals surface area contributed by atoms with E-state index in [1.54, 1.807) is 14.2 Å². The lowest BCUT2D eigenvalue weighted by atomic mass is 9.80. The van der Waals surface area contributed by atoms with E-state index in [1.165, 1.54) is 16.8 Å². The number of nitriles is 1. The Bertz CT molecular complexity index is 1960. The predicted octanol–water partition coefficient (Wildman–Crippen LogP) is 6.67. The highest BCUT2D eigenvalue weighted by Crippen LogP contribution is 2.52. The highest BCUT2D eigenvalue weighted by atomic mass is 31.2. The van der Waals surface area contributed by atoms with E-state index in [1.807, 2.05) is 78.9 Å². The van der Waals surface area contributed by atoms with Crippen LogP contribution >= 0.6 is 8.53 Å². The second-order valence-corrected chi connectivity index (χ2v) is 15.7. The van der Waals surface area contributed by atoms with Crippen LogP contribution in [0.5, 0.6) is 11.5 Å². The van der Waals surface area contributed by atoms with Crippen molar-refractivity contribution < 1.29 is 32.7 Å². The molecule has 13 nitrogen and oxygen atoms in total. The van der Waals surface area contributed by atoms with E-state index in [0.29, 0.717) is 11.5 Å². The van der Waals surface area contributed by atoms with Crippen LogP contribution in [0.3, 0.4) is 0 Å². The van der Waals surface area contributed by atoms with Gasteiger partial charge in [0.15, 0.2) is 6.23 Å². The molecule has 14 heteroatoms. The van der Waals surface area contributed by atoms with Gasteiger partial charge in [-0.2, -0.15) is 5.26 Å². The summed E-state index contributed by atoms with van der Waals surface area (Å²) in [5.74, 6) is 1.38. The predicted molar refractivity (Wildman–Crippen MR) is 211 cm³/mol. The van der Waals surface area contributed by atoms with Crippen LogP contribution in [0.25, 0.3) is 0 Å². The summed E-state index contributed by atoms with van der Waals surface area (Å²) in [6, 6.07) is 28.9. The summed E-state index contributed by atoms with van der Waals surface area (Å²) < 4.78 is 48.8. The number of rotatable bonds is 19. The van der Waals surface area contributed by atoms with Gasteiger partial charge in [0, 0.05) is 24.3 Å². The number of aromatic amines is 1. The summed E-state index contributed by atoms with van der Waals surface area (Å²) >= 11 is 0. The van der Waals surface area contributed by atoms with Gasteiger partial charge in [0.05, 0.1) is 46.0 Å². The fourth-order valence-electron chi connectivity index (χ4n) is 7.07. The van der Waals surface area contributed by atoms with E-state index < -0.39 is 49.9 Å². The van der Waals surface area contributed by atoms with E-state index in [4.69, 9.17) is 32.7 Å². The minimum absolute atomic E-state index is 0.0245. The molecule has 0 spiro atoms. The van der Waals surface area contributed by atoms with Crippen molar-refractivity contribution in [2.24, 2.45) is 0 Å². The Kier molecular flexibility index (Phi) is 13.8. The second kappa shape index (κ2) is 18.7. The first-order valence-corrected chi connectivity index (χ1v) is 20.1. The van der Waals surface area contributed by atoms with Crippen LogP contribution in [0.1, 0.15) is 69.9 Å². The molecule has 1 aromatic heterocycles. The molecule has 2 fully saturated rings. The van der Waals surface area contributed by atoms with Crippen molar-refractivity contribution >= 4 is 8.53 Å². The summed E-state index contributed by atoms with van der Waals surface area (Å²) in [5, 5.41) is 9.40. The van der Waals surface area contributed by atoms with Crippen LogP contribution in [-0.4, -0.2) is 78.2 Å². The molecular weight excluding hydrogens is 735 g/mol. The van der Waals surface area contributed by atoms with Gasteiger partial charge in [0.25, 0.3) is 14.1 Å². The normalized spacial score (nSPS) is 20.4. The van der Waals surface area contributed by atoms with E-state index in [-0.39, 0.29) is 37.8 Å². The van der Waals surface area contributed by atoms with Gasteiger partial charge in [-0.1, -0.05) is 54.6 Å². The number of nitrogens with one attached hydrogen (secondary N) is 1. The third-order valence-corrected chi connectivity index (χ3v) is 11.9. The van der Waals surface area contributed by atoms with Crippen molar-refractivity contribution in [2.75, 3.05) is 27.4 Å². The van der Waals surface area contributed by atoms with Crippen LogP contribution in [-0.2, 0) is 28.9 Å². The molecule has 3 aromatic carbocycles. The molecule has 6 rings (SSSR count). The third-order valence-electron chi connectivity index (χ3n) is 9.80. The Morgan fingerprint density at radius 1 is 0.875 bits per heavy atom. The van der Waals surface area contributed by atoms with Crippen molar-refractivity contribution in [3.05, 3.63) is 129 Å². The number of H-pyrrole nitrogens is 1. The van der Waals surface area contributed by atoms with E-state index >= 15 is 0 Å². The Morgan fingerprint density at radius 2 is 1.46 bits per heavy atom. The zero-order valence-electron chi connectivity index (χ0n) is 32.7. The molecule has 1 aliphatic heterocycles. The van der Waals surface area contributed by atoms with Crippen molar-refractivity contribution in [3.63, 3.8) is 0 Å². The van der Waals surface area contributed by atoms with Gasteiger partial charge >= 0.3 is 5.69 Å².